The van der Waals surface area contributed by atoms with E-state index in [4.69, 9.17) is 0 Å². The number of hydrogen-bond acceptors (Lipinski definition) is 3. The number of hydrogen-bond donors (Lipinski definition) is 1. The molecule has 1 aliphatic rings. The molecule has 0 saturated carbocycles. The zero-order valence-electron chi connectivity index (χ0n) is 12.2. The van der Waals surface area contributed by atoms with Crippen LogP contribution in [-0.4, -0.2) is 20.9 Å². The summed E-state index contributed by atoms with van der Waals surface area (Å²) in [5, 5.41) is 0. The largest absolute Gasteiger partial charge is 0.312 e. The van der Waals surface area contributed by atoms with Crippen molar-refractivity contribution in [3.63, 3.8) is 0 Å². The van der Waals surface area contributed by atoms with Gasteiger partial charge in [0.1, 0.15) is 0 Å². The number of halogens is 1. The Bertz CT molecular complexity index is 817. The number of benzene rings is 2. The van der Waals surface area contributed by atoms with E-state index in [-0.39, 0.29) is 10.8 Å². The number of nitrogens with one attached hydrogen (secondary N) is 1. The fourth-order valence-corrected chi connectivity index (χ4v) is 3.88. The molecule has 3 rings (SSSR count). The van der Waals surface area contributed by atoms with Crippen molar-refractivity contribution in [1.82, 2.24) is 0 Å². The van der Waals surface area contributed by atoms with Crippen LogP contribution in [0.3, 0.4) is 0 Å². The van der Waals surface area contributed by atoms with Gasteiger partial charge in [-0.15, -0.1) is 0 Å². The molecule has 1 saturated heterocycles. The highest BCUT2D eigenvalue weighted by molar-refractivity contribution is 14.1. The lowest BCUT2D eigenvalue weighted by molar-refractivity contribution is -0.117. The van der Waals surface area contributed by atoms with Crippen molar-refractivity contribution >= 4 is 49.9 Å². The summed E-state index contributed by atoms with van der Waals surface area (Å²) in [5.74, 6) is 0.0811. The fourth-order valence-electron chi connectivity index (χ4n) is 2.46. The molecule has 5 nitrogen and oxygen atoms in total. The SMILES string of the molecule is O=C1CCCN1c1ccc(S(=O)(=O)Nc2ccc(I)cc2)cc1. The molecular formula is C16H15IN2O3S. The van der Waals surface area contributed by atoms with Gasteiger partial charge >= 0.3 is 0 Å². The molecule has 23 heavy (non-hydrogen) atoms. The number of rotatable bonds is 4. The van der Waals surface area contributed by atoms with E-state index in [1.165, 1.54) is 12.1 Å². The molecule has 2 aromatic rings. The molecule has 7 heteroatoms. The number of carbonyl (C=O) groups excluding carboxylic acids is 1. The Hall–Kier alpha value is -1.61. The molecule has 0 aliphatic carbocycles. The summed E-state index contributed by atoms with van der Waals surface area (Å²) < 4.78 is 28.4. The molecule has 1 amide bonds. The van der Waals surface area contributed by atoms with Crippen LogP contribution in [0.2, 0.25) is 0 Å². The average molecular weight is 442 g/mol. The number of carbonyl (C=O) groups is 1. The monoisotopic (exact) mass is 442 g/mol. The normalized spacial score (nSPS) is 15.0. The number of sulfonamides is 1. The van der Waals surface area contributed by atoms with Crippen LogP contribution >= 0.6 is 22.6 Å². The van der Waals surface area contributed by atoms with E-state index in [9.17, 15) is 13.2 Å². The van der Waals surface area contributed by atoms with Crippen LogP contribution in [-0.2, 0) is 14.8 Å². The molecule has 1 N–H and O–H groups in total. The Morgan fingerprint density at radius 1 is 1.00 bits per heavy atom. The van der Waals surface area contributed by atoms with E-state index in [0.29, 0.717) is 18.7 Å². The molecule has 1 heterocycles. The van der Waals surface area contributed by atoms with Crippen molar-refractivity contribution in [2.45, 2.75) is 17.7 Å². The van der Waals surface area contributed by atoms with E-state index >= 15 is 0 Å². The molecule has 1 aliphatic heterocycles. The molecule has 1 fully saturated rings. The molecule has 0 aromatic heterocycles. The highest BCUT2D eigenvalue weighted by atomic mass is 127. The summed E-state index contributed by atoms with van der Waals surface area (Å²) >= 11 is 2.16. The second-order valence-corrected chi connectivity index (χ2v) is 8.18. The van der Waals surface area contributed by atoms with Crippen molar-refractivity contribution in [3.8, 4) is 0 Å². The third-order valence-corrected chi connectivity index (χ3v) is 5.74. The first-order valence-electron chi connectivity index (χ1n) is 7.14. The lowest BCUT2D eigenvalue weighted by Gasteiger charge is -2.16. The van der Waals surface area contributed by atoms with Crippen LogP contribution in [0.25, 0.3) is 0 Å². The number of nitrogens with zero attached hydrogens (tertiary/aromatic N) is 1. The molecule has 2 aromatic carbocycles. The zero-order valence-corrected chi connectivity index (χ0v) is 15.2. The zero-order chi connectivity index (χ0) is 16.4. The van der Waals surface area contributed by atoms with Gasteiger partial charge in [-0.3, -0.25) is 9.52 Å². The molecule has 0 bridgehead atoms. The lowest BCUT2D eigenvalue weighted by atomic mass is 10.3. The second-order valence-electron chi connectivity index (χ2n) is 5.26. The Labute approximate surface area is 148 Å². The average Bonchev–Trinajstić information content (AvgIpc) is 2.96. The van der Waals surface area contributed by atoms with Gasteiger partial charge in [0.2, 0.25) is 5.91 Å². The van der Waals surface area contributed by atoms with Gasteiger partial charge in [-0.05, 0) is 77.5 Å². The molecule has 0 unspecified atom stereocenters. The maximum absolute atomic E-state index is 12.4. The maximum Gasteiger partial charge on any atom is 0.261 e. The summed E-state index contributed by atoms with van der Waals surface area (Å²) in [4.78, 5) is 13.6. The van der Waals surface area contributed by atoms with E-state index < -0.39 is 10.0 Å². The molecular weight excluding hydrogens is 427 g/mol. The number of amides is 1. The van der Waals surface area contributed by atoms with E-state index in [1.807, 2.05) is 12.1 Å². The summed E-state index contributed by atoms with van der Waals surface area (Å²) in [6.45, 7) is 0.686. The van der Waals surface area contributed by atoms with Gasteiger partial charge in [0.05, 0.1) is 4.90 Å². The maximum atomic E-state index is 12.4. The quantitative estimate of drug-likeness (QED) is 0.740. The van der Waals surface area contributed by atoms with Crippen LogP contribution in [0.15, 0.2) is 53.4 Å². The third-order valence-electron chi connectivity index (χ3n) is 3.63. The predicted octanol–water partition coefficient (Wildman–Crippen LogP) is 3.22. The van der Waals surface area contributed by atoms with Crippen molar-refractivity contribution in [3.05, 3.63) is 52.1 Å². The van der Waals surface area contributed by atoms with Crippen LogP contribution < -0.4 is 9.62 Å². The Kier molecular flexibility index (Phi) is 4.58. The first-order valence-corrected chi connectivity index (χ1v) is 9.71. The first-order chi connectivity index (χ1) is 11.0. The summed E-state index contributed by atoms with van der Waals surface area (Å²) in [6.07, 6.45) is 1.39. The summed E-state index contributed by atoms with van der Waals surface area (Å²) in [5.41, 5.74) is 1.25. The minimum absolute atomic E-state index is 0.0811. The highest BCUT2D eigenvalue weighted by Crippen LogP contribution is 2.24. The van der Waals surface area contributed by atoms with Crippen LogP contribution in [0.4, 0.5) is 11.4 Å². The molecule has 0 spiro atoms. The van der Waals surface area contributed by atoms with E-state index in [0.717, 1.165) is 15.7 Å². The van der Waals surface area contributed by atoms with Gasteiger partial charge in [0.15, 0.2) is 0 Å². The van der Waals surface area contributed by atoms with Crippen LogP contribution in [0.5, 0.6) is 0 Å². The van der Waals surface area contributed by atoms with E-state index in [1.54, 1.807) is 29.2 Å². The third kappa shape index (κ3) is 3.66. The van der Waals surface area contributed by atoms with Crippen molar-refractivity contribution in [2.24, 2.45) is 0 Å². The van der Waals surface area contributed by atoms with Gasteiger partial charge in [-0.2, -0.15) is 0 Å². The van der Waals surface area contributed by atoms with Gasteiger partial charge in [-0.1, -0.05) is 0 Å². The van der Waals surface area contributed by atoms with Gasteiger partial charge in [0, 0.05) is 27.9 Å². The minimum atomic E-state index is -3.64. The molecule has 0 atom stereocenters. The van der Waals surface area contributed by atoms with E-state index in [2.05, 4.69) is 27.3 Å². The standard InChI is InChI=1S/C16H15IN2O3S/c17-12-3-5-13(6-4-12)18-23(21,22)15-9-7-14(8-10-15)19-11-1-2-16(19)20/h3-10,18H,1-2,11H2. The van der Waals surface area contributed by atoms with Gasteiger partial charge in [-0.25, -0.2) is 8.42 Å². The summed E-state index contributed by atoms with van der Waals surface area (Å²) in [7, 11) is -3.64. The van der Waals surface area contributed by atoms with Gasteiger partial charge < -0.3 is 4.90 Å². The van der Waals surface area contributed by atoms with Crippen LogP contribution in [0.1, 0.15) is 12.8 Å². The Morgan fingerprint density at radius 3 is 2.22 bits per heavy atom. The van der Waals surface area contributed by atoms with Crippen molar-refractivity contribution in [2.75, 3.05) is 16.2 Å². The second kappa shape index (κ2) is 6.48. The highest BCUT2D eigenvalue weighted by Gasteiger charge is 2.22. The fraction of sp³-hybridized carbons (Fsp3) is 0.188. The van der Waals surface area contributed by atoms with Crippen molar-refractivity contribution < 1.29 is 13.2 Å². The molecule has 0 radical (unpaired) electrons. The van der Waals surface area contributed by atoms with Crippen LogP contribution in [0, 0.1) is 3.57 Å². The predicted molar refractivity (Wildman–Crippen MR) is 98.0 cm³/mol. The Balaban J connectivity index is 1.80. The minimum Gasteiger partial charge on any atom is -0.312 e. The van der Waals surface area contributed by atoms with Gasteiger partial charge in [0.25, 0.3) is 10.0 Å². The molecule has 120 valence electrons. The summed E-state index contributed by atoms with van der Waals surface area (Å²) in [6, 6.07) is 13.5. The topological polar surface area (TPSA) is 66.5 Å². The smallest absolute Gasteiger partial charge is 0.261 e. The Morgan fingerprint density at radius 2 is 1.65 bits per heavy atom. The van der Waals surface area contributed by atoms with Crippen molar-refractivity contribution in [1.29, 1.82) is 0 Å². The lowest BCUT2D eigenvalue weighted by Crippen LogP contribution is -2.23. The first kappa shape index (κ1) is 16.3. The number of anilines is 2.